The number of carbonyl (C=O) groups excluding carboxylic acids is 1. The van der Waals surface area contributed by atoms with Crippen LogP contribution in [0.1, 0.15) is 11.9 Å². The molecule has 0 amide bonds. The maximum Gasteiger partial charge on any atom is 0.185 e. The lowest BCUT2D eigenvalue weighted by atomic mass is 9.74. The average molecular weight is 319 g/mol. The van der Waals surface area contributed by atoms with Crippen molar-refractivity contribution in [2.75, 3.05) is 13.7 Å². The number of hydrogen-bond donors (Lipinski definition) is 1. The number of aliphatic hydroxyl groups excluding tert-OH is 1. The van der Waals surface area contributed by atoms with Crippen LogP contribution in [0.5, 0.6) is 0 Å². The van der Waals surface area contributed by atoms with Crippen molar-refractivity contribution in [3.05, 3.63) is 35.9 Å². The van der Waals surface area contributed by atoms with Gasteiger partial charge in [0.15, 0.2) is 18.0 Å². The highest BCUT2D eigenvalue weighted by atomic mass is 16.7. The van der Waals surface area contributed by atoms with E-state index in [0.29, 0.717) is 6.29 Å². The Bertz CT molecular complexity index is 602. The van der Waals surface area contributed by atoms with Crippen LogP contribution >= 0.6 is 0 Å². The molecule has 0 saturated carbocycles. The van der Waals surface area contributed by atoms with Crippen molar-refractivity contribution >= 4 is 6.29 Å². The van der Waals surface area contributed by atoms with E-state index in [-0.39, 0.29) is 6.61 Å². The van der Waals surface area contributed by atoms with E-state index >= 15 is 0 Å². The zero-order valence-electron chi connectivity index (χ0n) is 12.5. The number of hydrogen-bond acceptors (Lipinski definition) is 7. The van der Waals surface area contributed by atoms with Crippen molar-refractivity contribution in [1.29, 1.82) is 5.26 Å². The fourth-order valence-corrected chi connectivity index (χ4v) is 2.96. The third-order valence-electron chi connectivity index (χ3n) is 4.24. The lowest BCUT2D eigenvalue weighted by Gasteiger charge is -2.49. The summed E-state index contributed by atoms with van der Waals surface area (Å²) in [7, 11) is 1.33. The van der Waals surface area contributed by atoms with Crippen LogP contribution in [0.2, 0.25) is 0 Å². The Hall–Kier alpha value is -1.82. The summed E-state index contributed by atoms with van der Waals surface area (Å²) in [6.07, 6.45) is -4.51. The highest BCUT2D eigenvalue weighted by Gasteiger charge is 2.60. The molecular formula is C16H17NO6. The quantitative estimate of drug-likeness (QED) is 0.812. The molecule has 1 unspecified atom stereocenters. The molecule has 0 aromatic heterocycles. The molecule has 2 saturated heterocycles. The Kier molecular flexibility index (Phi) is 4.43. The smallest absolute Gasteiger partial charge is 0.185 e. The van der Waals surface area contributed by atoms with E-state index in [1.807, 2.05) is 36.4 Å². The van der Waals surface area contributed by atoms with Gasteiger partial charge < -0.3 is 28.8 Å². The van der Waals surface area contributed by atoms with Gasteiger partial charge in [-0.15, -0.1) is 0 Å². The van der Waals surface area contributed by atoms with Crippen LogP contribution in [0.25, 0.3) is 0 Å². The molecule has 2 aliphatic heterocycles. The molecule has 7 nitrogen and oxygen atoms in total. The number of nitrogens with zero attached hydrogens (tertiary/aromatic N) is 1. The number of fused-ring (bicyclic) bond motifs is 1. The van der Waals surface area contributed by atoms with Crippen molar-refractivity contribution < 1.29 is 28.8 Å². The van der Waals surface area contributed by atoms with Gasteiger partial charge in [0.05, 0.1) is 12.7 Å². The second kappa shape index (κ2) is 6.35. The van der Waals surface area contributed by atoms with Crippen molar-refractivity contribution in [1.82, 2.24) is 0 Å². The standard InChI is InChI=1S/C16H17NO6/c1-20-15-12(19)16(8-17,9-18)13-11(22-15)7-21-14(23-13)10-5-3-2-4-6-10/h2-6,9,11-15,19H,7H2,1H3/t11-,12+,13-,14?,15-,16-/m1/s1. The van der Waals surface area contributed by atoms with Gasteiger partial charge in [-0.3, -0.25) is 0 Å². The van der Waals surface area contributed by atoms with Gasteiger partial charge >= 0.3 is 0 Å². The predicted molar refractivity (Wildman–Crippen MR) is 75.8 cm³/mol. The number of methoxy groups -OCH3 is 1. The molecule has 6 atom stereocenters. The van der Waals surface area contributed by atoms with E-state index in [4.69, 9.17) is 18.9 Å². The average Bonchev–Trinajstić information content (AvgIpc) is 2.62. The van der Waals surface area contributed by atoms with Gasteiger partial charge in [-0.05, 0) is 0 Å². The van der Waals surface area contributed by atoms with Crippen LogP contribution in [0.4, 0.5) is 0 Å². The maximum absolute atomic E-state index is 11.7. The highest BCUT2D eigenvalue weighted by Crippen LogP contribution is 2.42. The van der Waals surface area contributed by atoms with E-state index in [1.54, 1.807) is 0 Å². The molecule has 1 N–H and O–H groups in total. The monoisotopic (exact) mass is 319 g/mol. The molecule has 122 valence electrons. The summed E-state index contributed by atoms with van der Waals surface area (Å²) in [6, 6.07) is 11.1. The molecule has 1 aromatic rings. The Morgan fingerprint density at radius 2 is 2.13 bits per heavy atom. The third-order valence-corrected chi connectivity index (χ3v) is 4.24. The molecule has 7 heteroatoms. The van der Waals surface area contributed by atoms with Gasteiger partial charge in [0.25, 0.3) is 0 Å². The zero-order chi connectivity index (χ0) is 16.4. The minimum atomic E-state index is -1.78. The van der Waals surface area contributed by atoms with Crippen molar-refractivity contribution in [3.8, 4) is 6.07 Å². The Morgan fingerprint density at radius 3 is 2.74 bits per heavy atom. The van der Waals surface area contributed by atoms with Crippen LogP contribution < -0.4 is 0 Å². The topological polar surface area (TPSA) is 98.0 Å². The predicted octanol–water partition coefficient (Wildman–Crippen LogP) is 0.542. The summed E-state index contributed by atoms with van der Waals surface area (Å²) >= 11 is 0. The van der Waals surface area contributed by atoms with E-state index in [0.717, 1.165) is 5.56 Å². The van der Waals surface area contributed by atoms with E-state index in [2.05, 4.69) is 0 Å². The van der Waals surface area contributed by atoms with Gasteiger partial charge in [-0.2, -0.15) is 5.26 Å². The third kappa shape index (κ3) is 2.55. The largest absolute Gasteiger partial charge is 0.386 e. The van der Waals surface area contributed by atoms with E-state index < -0.39 is 36.3 Å². The van der Waals surface area contributed by atoms with Crippen LogP contribution in [-0.4, -0.2) is 49.7 Å². The fourth-order valence-electron chi connectivity index (χ4n) is 2.96. The number of ether oxygens (including phenoxy) is 4. The summed E-state index contributed by atoms with van der Waals surface area (Å²) in [4.78, 5) is 11.7. The lowest BCUT2D eigenvalue weighted by Crippen LogP contribution is -2.65. The zero-order valence-corrected chi connectivity index (χ0v) is 12.5. The number of rotatable bonds is 3. The molecule has 0 aliphatic carbocycles. The lowest BCUT2D eigenvalue weighted by molar-refractivity contribution is -0.355. The highest BCUT2D eigenvalue weighted by molar-refractivity contribution is 5.67. The second-order valence-electron chi connectivity index (χ2n) is 5.52. The molecule has 2 fully saturated rings. The first-order valence-electron chi connectivity index (χ1n) is 7.22. The van der Waals surface area contributed by atoms with Crippen LogP contribution in [0.15, 0.2) is 30.3 Å². The molecule has 23 heavy (non-hydrogen) atoms. The molecule has 1 aromatic carbocycles. The summed E-state index contributed by atoms with van der Waals surface area (Å²) < 4.78 is 22.0. The Labute approximate surface area is 133 Å². The summed E-state index contributed by atoms with van der Waals surface area (Å²) in [5.74, 6) is 0. The van der Waals surface area contributed by atoms with E-state index in [9.17, 15) is 15.2 Å². The molecule has 0 spiro atoms. The number of carbonyl (C=O) groups is 1. The Morgan fingerprint density at radius 1 is 1.39 bits per heavy atom. The van der Waals surface area contributed by atoms with E-state index in [1.165, 1.54) is 7.11 Å². The number of benzene rings is 1. The van der Waals surface area contributed by atoms with Crippen LogP contribution in [0.3, 0.4) is 0 Å². The number of aliphatic hydroxyl groups is 1. The minimum Gasteiger partial charge on any atom is -0.386 e. The molecule has 0 radical (unpaired) electrons. The van der Waals surface area contributed by atoms with Crippen LogP contribution in [-0.2, 0) is 23.7 Å². The molecular weight excluding hydrogens is 302 g/mol. The summed E-state index contributed by atoms with van der Waals surface area (Å²) in [5.41, 5.74) is -1.02. The first-order chi connectivity index (χ1) is 11.2. The van der Waals surface area contributed by atoms with Crippen LogP contribution in [0, 0.1) is 16.7 Å². The summed E-state index contributed by atoms with van der Waals surface area (Å²) in [6.45, 7) is 0.119. The van der Waals surface area contributed by atoms with Gasteiger partial charge in [0.1, 0.15) is 24.6 Å². The SMILES string of the molecule is CO[C@@H]1O[C@@H]2COC(c3ccccc3)O[C@H]2[C@](C#N)(C=O)[C@H]1O. The number of nitriles is 1. The number of aldehydes is 1. The fraction of sp³-hybridized carbons (Fsp3) is 0.500. The minimum absolute atomic E-state index is 0.119. The summed E-state index contributed by atoms with van der Waals surface area (Å²) in [5, 5.41) is 19.9. The molecule has 3 rings (SSSR count). The first-order valence-corrected chi connectivity index (χ1v) is 7.22. The molecule has 2 heterocycles. The van der Waals surface area contributed by atoms with Gasteiger partial charge in [0, 0.05) is 12.7 Å². The molecule has 0 bridgehead atoms. The maximum atomic E-state index is 11.7. The second-order valence-corrected chi connectivity index (χ2v) is 5.52. The van der Waals surface area contributed by atoms with Gasteiger partial charge in [-0.1, -0.05) is 30.3 Å². The van der Waals surface area contributed by atoms with Crippen molar-refractivity contribution in [3.63, 3.8) is 0 Å². The molecule has 2 aliphatic rings. The van der Waals surface area contributed by atoms with Crippen molar-refractivity contribution in [2.45, 2.75) is 30.9 Å². The normalized spacial score (nSPS) is 40.0. The van der Waals surface area contributed by atoms with Crippen molar-refractivity contribution in [2.24, 2.45) is 5.41 Å². The van der Waals surface area contributed by atoms with Gasteiger partial charge in [-0.25, -0.2) is 0 Å². The van der Waals surface area contributed by atoms with Gasteiger partial charge in [0.2, 0.25) is 0 Å². The first kappa shape index (κ1) is 16.1. The Balaban J connectivity index is 1.92.